The number of amides is 3. The highest BCUT2D eigenvalue weighted by Crippen LogP contribution is 2.37. The van der Waals surface area contributed by atoms with Crippen LogP contribution in [0.4, 0.5) is 14.5 Å². The van der Waals surface area contributed by atoms with Crippen LogP contribution in [0.5, 0.6) is 0 Å². The van der Waals surface area contributed by atoms with Crippen LogP contribution in [0.15, 0.2) is 48.5 Å². The van der Waals surface area contributed by atoms with Gasteiger partial charge in [-0.05, 0) is 29.8 Å². The quantitative estimate of drug-likeness (QED) is 0.714. The first-order chi connectivity index (χ1) is 15.5. The molecule has 33 heavy (non-hydrogen) atoms. The minimum atomic E-state index is -2.98. The Hall–Kier alpha value is -3.80. The molecule has 0 radical (unpaired) electrons. The summed E-state index contributed by atoms with van der Waals surface area (Å²) in [6, 6.07) is 14.0. The average molecular weight is 452 g/mol. The zero-order valence-electron chi connectivity index (χ0n) is 18.2. The van der Waals surface area contributed by atoms with Crippen LogP contribution in [0, 0.1) is 11.3 Å². The van der Waals surface area contributed by atoms with Gasteiger partial charge in [0.25, 0.3) is 11.8 Å². The normalized spacial score (nSPS) is 17.7. The van der Waals surface area contributed by atoms with Gasteiger partial charge in [0.05, 0.1) is 24.7 Å². The summed E-state index contributed by atoms with van der Waals surface area (Å²) in [5.74, 6) is -3.81. The Balaban J connectivity index is 1.64. The van der Waals surface area contributed by atoms with Crippen molar-refractivity contribution in [3.8, 4) is 6.07 Å². The van der Waals surface area contributed by atoms with E-state index in [-0.39, 0.29) is 49.5 Å². The third-order valence-corrected chi connectivity index (χ3v) is 6.21. The smallest absolute Gasteiger partial charge is 0.270 e. The SMILES string of the molecule is CC(=O)N1CC2(C1)C(=O)N(c1ccc(C#N)cc1)CC(=O)N2Cc1ccc(C(C)(F)F)cc1. The Morgan fingerprint density at radius 1 is 1.09 bits per heavy atom. The Kier molecular flexibility index (Phi) is 5.40. The number of piperazine rings is 1. The van der Waals surface area contributed by atoms with Gasteiger partial charge in [-0.3, -0.25) is 14.4 Å². The Bertz CT molecular complexity index is 1140. The molecule has 3 amide bonds. The van der Waals surface area contributed by atoms with Gasteiger partial charge in [-0.25, -0.2) is 8.78 Å². The molecule has 7 nitrogen and oxygen atoms in total. The molecule has 2 aliphatic rings. The lowest BCUT2D eigenvalue weighted by Gasteiger charge is -2.57. The number of benzene rings is 2. The number of halogens is 2. The maximum atomic E-state index is 13.6. The van der Waals surface area contributed by atoms with Gasteiger partial charge in [-0.15, -0.1) is 0 Å². The van der Waals surface area contributed by atoms with Crippen molar-refractivity contribution in [3.63, 3.8) is 0 Å². The molecule has 0 aromatic heterocycles. The van der Waals surface area contributed by atoms with Crippen LogP contribution in [0.3, 0.4) is 0 Å². The average Bonchev–Trinajstić information content (AvgIpc) is 2.74. The molecule has 2 aliphatic heterocycles. The fourth-order valence-electron chi connectivity index (χ4n) is 4.26. The van der Waals surface area contributed by atoms with Crippen LogP contribution < -0.4 is 4.90 Å². The fraction of sp³-hybridized carbons (Fsp3) is 0.333. The van der Waals surface area contributed by atoms with Crippen molar-refractivity contribution in [3.05, 3.63) is 65.2 Å². The van der Waals surface area contributed by atoms with Crippen LogP contribution in [-0.2, 0) is 26.9 Å². The lowest BCUT2D eigenvalue weighted by Crippen LogP contribution is -2.81. The van der Waals surface area contributed by atoms with Gasteiger partial charge < -0.3 is 14.7 Å². The highest BCUT2D eigenvalue weighted by Gasteiger charge is 2.60. The molecule has 1 spiro atoms. The predicted molar refractivity (Wildman–Crippen MR) is 115 cm³/mol. The van der Waals surface area contributed by atoms with E-state index in [4.69, 9.17) is 5.26 Å². The largest absolute Gasteiger partial charge is 0.337 e. The van der Waals surface area contributed by atoms with Crippen LogP contribution in [-0.4, -0.2) is 52.7 Å². The van der Waals surface area contributed by atoms with E-state index in [2.05, 4.69) is 0 Å². The Morgan fingerprint density at radius 3 is 2.21 bits per heavy atom. The van der Waals surface area contributed by atoms with Gasteiger partial charge in [-0.2, -0.15) is 5.26 Å². The zero-order valence-corrected chi connectivity index (χ0v) is 18.2. The molecular formula is C24H22F2N4O3. The minimum absolute atomic E-state index is 0.0603. The summed E-state index contributed by atoms with van der Waals surface area (Å²) in [5, 5.41) is 9.01. The molecule has 0 saturated carbocycles. The van der Waals surface area contributed by atoms with Gasteiger partial charge >= 0.3 is 0 Å². The second kappa shape index (κ2) is 7.96. The summed E-state index contributed by atoms with van der Waals surface area (Å²) in [5.41, 5.74) is 0.153. The number of nitriles is 1. The summed E-state index contributed by atoms with van der Waals surface area (Å²) in [6.07, 6.45) is 0. The summed E-state index contributed by atoms with van der Waals surface area (Å²) < 4.78 is 27.1. The first-order valence-corrected chi connectivity index (χ1v) is 10.4. The number of carbonyl (C=O) groups is 3. The van der Waals surface area contributed by atoms with E-state index in [1.807, 2.05) is 6.07 Å². The highest BCUT2D eigenvalue weighted by molar-refractivity contribution is 6.10. The highest BCUT2D eigenvalue weighted by atomic mass is 19.3. The number of hydrogen-bond donors (Lipinski definition) is 0. The van der Waals surface area contributed by atoms with Gasteiger partial charge in [0.1, 0.15) is 6.54 Å². The number of hydrogen-bond acceptors (Lipinski definition) is 4. The summed E-state index contributed by atoms with van der Waals surface area (Å²) in [6.45, 7) is 2.20. The molecule has 2 heterocycles. The van der Waals surface area contributed by atoms with Gasteiger partial charge in [0.2, 0.25) is 11.8 Å². The third kappa shape index (κ3) is 3.93. The minimum Gasteiger partial charge on any atom is -0.337 e. The van der Waals surface area contributed by atoms with Gasteiger partial charge in [0, 0.05) is 31.6 Å². The standard InChI is InChI=1S/C24H22F2N4O3/c1-16(31)28-14-24(15-28)22(33)29(20-9-5-17(11-27)6-10-20)13-21(32)30(24)12-18-3-7-19(8-4-18)23(2,25)26/h3-10H,12-15H2,1-2H3. The van der Waals surface area contributed by atoms with Crippen LogP contribution in [0.1, 0.15) is 30.5 Å². The molecule has 2 aromatic rings. The first-order valence-electron chi connectivity index (χ1n) is 10.4. The van der Waals surface area contributed by atoms with E-state index in [0.29, 0.717) is 16.8 Å². The van der Waals surface area contributed by atoms with Crippen molar-refractivity contribution in [1.82, 2.24) is 9.80 Å². The molecule has 0 atom stereocenters. The number of likely N-dealkylation sites (tertiary alicyclic amines) is 1. The topological polar surface area (TPSA) is 84.7 Å². The fourth-order valence-corrected chi connectivity index (χ4v) is 4.26. The molecule has 2 aromatic carbocycles. The molecule has 0 unspecified atom stereocenters. The second-order valence-corrected chi connectivity index (χ2v) is 8.52. The maximum absolute atomic E-state index is 13.6. The molecule has 4 rings (SSSR count). The lowest BCUT2D eigenvalue weighted by molar-refractivity contribution is -0.169. The van der Waals surface area contributed by atoms with Crippen molar-refractivity contribution >= 4 is 23.4 Å². The third-order valence-electron chi connectivity index (χ3n) is 6.21. The van der Waals surface area contributed by atoms with Crippen molar-refractivity contribution in [2.24, 2.45) is 0 Å². The van der Waals surface area contributed by atoms with E-state index < -0.39 is 11.5 Å². The second-order valence-electron chi connectivity index (χ2n) is 8.52. The van der Waals surface area contributed by atoms with E-state index in [1.165, 1.54) is 45.9 Å². The first kappa shape index (κ1) is 22.4. The summed E-state index contributed by atoms with van der Waals surface area (Å²) in [7, 11) is 0. The van der Waals surface area contributed by atoms with Crippen LogP contribution in [0.2, 0.25) is 0 Å². The number of rotatable bonds is 4. The maximum Gasteiger partial charge on any atom is 0.270 e. The van der Waals surface area contributed by atoms with Crippen molar-refractivity contribution in [2.75, 3.05) is 24.5 Å². The van der Waals surface area contributed by atoms with Crippen LogP contribution >= 0.6 is 0 Å². The monoisotopic (exact) mass is 452 g/mol. The van der Waals surface area contributed by atoms with Crippen LogP contribution in [0.25, 0.3) is 0 Å². The number of carbonyl (C=O) groups excluding carboxylic acids is 3. The van der Waals surface area contributed by atoms with Crippen molar-refractivity contribution < 1.29 is 23.2 Å². The summed E-state index contributed by atoms with van der Waals surface area (Å²) >= 11 is 0. The van der Waals surface area contributed by atoms with Gasteiger partial charge in [-0.1, -0.05) is 24.3 Å². The number of anilines is 1. The Morgan fingerprint density at radius 2 is 1.70 bits per heavy atom. The van der Waals surface area contributed by atoms with E-state index in [1.54, 1.807) is 24.3 Å². The molecular weight excluding hydrogens is 430 g/mol. The zero-order chi connectivity index (χ0) is 24.0. The van der Waals surface area contributed by atoms with Crippen molar-refractivity contribution in [1.29, 1.82) is 5.26 Å². The molecule has 2 fully saturated rings. The van der Waals surface area contributed by atoms with Crippen molar-refractivity contribution in [2.45, 2.75) is 31.9 Å². The van der Waals surface area contributed by atoms with E-state index in [0.717, 1.165) is 6.92 Å². The van der Waals surface area contributed by atoms with E-state index in [9.17, 15) is 23.2 Å². The Labute approximate surface area is 189 Å². The van der Waals surface area contributed by atoms with E-state index >= 15 is 0 Å². The predicted octanol–water partition coefficient (Wildman–Crippen LogP) is 2.65. The molecule has 0 N–H and O–H groups in total. The molecule has 2 saturated heterocycles. The lowest BCUT2D eigenvalue weighted by atomic mass is 9.83. The molecule has 0 aliphatic carbocycles. The molecule has 0 bridgehead atoms. The number of nitrogens with zero attached hydrogens (tertiary/aromatic N) is 4. The summed E-state index contributed by atoms with van der Waals surface area (Å²) in [4.78, 5) is 43.0. The molecule has 9 heteroatoms. The molecule has 170 valence electrons. The number of alkyl halides is 2. The van der Waals surface area contributed by atoms with Gasteiger partial charge in [0.15, 0.2) is 5.54 Å².